The van der Waals surface area contributed by atoms with Gasteiger partial charge in [0.1, 0.15) is 16.7 Å². The van der Waals surface area contributed by atoms with E-state index < -0.39 is 22.1 Å². The van der Waals surface area contributed by atoms with Crippen LogP contribution in [0.4, 0.5) is 8.78 Å². The molecule has 0 radical (unpaired) electrons. The van der Waals surface area contributed by atoms with Crippen molar-refractivity contribution in [3.8, 4) is 0 Å². The van der Waals surface area contributed by atoms with Crippen molar-refractivity contribution in [1.29, 1.82) is 0 Å². The average molecular weight is 234 g/mol. The summed E-state index contributed by atoms with van der Waals surface area (Å²) in [4.78, 5) is 0. The van der Waals surface area contributed by atoms with Gasteiger partial charge in [0.25, 0.3) is 0 Å². The number of halogens is 3. The van der Waals surface area contributed by atoms with E-state index in [4.69, 9.17) is 17.3 Å². The Balaban J connectivity index is 3.21. The summed E-state index contributed by atoms with van der Waals surface area (Å²) >= 11 is 5.51. The van der Waals surface area contributed by atoms with E-state index in [0.717, 1.165) is 0 Å². The van der Waals surface area contributed by atoms with E-state index >= 15 is 0 Å². The molecule has 1 rings (SSSR count). The lowest BCUT2D eigenvalue weighted by molar-refractivity contribution is 0.452. The monoisotopic (exact) mass is 233 g/mol. The molecule has 0 aromatic heterocycles. The molecule has 84 valence electrons. The molecule has 0 saturated carbocycles. The molecular formula is C11H14ClF2N. The molecule has 0 unspecified atom stereocenters. The highest BCUT2D eigenvalue weighted by Crippen LogP contribution is 2.32. The maximum atomic E-state index is 13.7. The number of rotatable bonds is 3. The Morgan fingerprint density at radius 2 is 1.93 bits per heavy atom. The van der Waals surface area contributed by atoms with Crippen molar-refractivity contribution in [3.05, 3.63) is 34.4 Å². The highest BCUT2D eigenvalue weighted by molar-refractivity contribution is 6.30. The predicted molar refractivity (Wildman–Crippen MR) is 58.1 cm³/mol. The second-order valence-electron chi connectivity index (χ2n) is 4.15. The van der Waals surface area contributed by atoms with Crippen LogP contribution >= 0.6 is 11.6 Å². The Morgan fingerprint density at radius 3 is 2.47 bits per heavy atom. The minimum absolute atomic E-state index is 0.402. The third-order valence-electron chi connectivity index (χ3n) is 2.53. The standard InChI is InChI=1S/C11H14ClF2N/c1-11(2,5-6-15)7-3-4-8(13)9(12)10(7)14/h3-4H,5-6,15H2,1-2H3. The molecule has 0 saturated heterocycles. The SMILES string of the molecule is CC(C)(CCN)c1ccc(F)c(Cl)c1F. The fourth-order valence-corrected chi connectivity index (χ4v) is 1.71. The molecule has 0 bridgehead atoms. The summed E-state index contributed by atoms with van der Waals surface area (Å²) in [6.07, 6.45) is 0.617. The zero-order chi connectivity index (χ0) is 11.6. The molecule has 0 aliphatic rings. The van der Waals surface area contributed by atoms with Crippen molar-refractivity contribution in [2.75, 3.05) is 6.54 Å². The van der Waals surface area contributed by atoms with Gasteiger partial charge in [-0.1, -0.05) is 31.5 Å². The molecule has 0 aliphatic heterocycles. The molecule has 15 heavy (non-hydrogen) atoms. The predicted octanol–water partition coefficient (Wildman–Crippen LogP) is 3.24. The molecule has 0 aliphatic carbocycles. The van der Waals surface area contributed by atoms with Crippen LogP contribution in [0.2, 0.25) is 5.02 Å². The Kier molecular flexibility index (Phi) is 3.68. The van der Waals surface area contributed by atoms with Gasteiger partial charge in [0.15, 0.2) is 0 Å². The largest absolute Gasteiger partial charge is 0.330 e. The Bertz CT molecular complexity index is 364. The lowest BCUT2D eigenvalue weighted by Gasteiger charge is -2.25. The molecule has 0 amide bonds. The van der Waals surface area contributed by atoms with Gasteiger partial charge in [-0.05, 0) is 30.0 Å². The smallest absolute Gasteiger partial charge is 0.148 e. The van der Waals surface area contributed by atoms with Crippen molar-refractivity contribution >= 4 is 11.6 Å². The molecule has 1 aromatic carbocycles. The molecule has 0 heterocycles. The summed E-state index contributed by atoms with van der Waals surface area (Å²) in [5, 5.41) is -0.447. The van der Waals surface area contributed by atoms with Crippen molar-refractivity contribution in [2.24, 2.45) is 5.73 Å². The van der Waals surface area contributed by atoms with Crippen LogP contribution in [0.1, 0.15) is 25.8 Å². The molecular weight excluding hydrogens is 220 g/mol. The molecule has 0 atom stereocenters. The minimum Gasteiger partial charge on any atom is -0.330 e. The van der Waals surface area contributed by atoms with Crippen LogP contribution in [0.5, 0.6) is 0 Å². The Morgan fingerprint density at radius 1 is 1.33 bits per heavy atom. The van der Waals surface area contributed by atoms with Crippen molar-refractivity contribution in [3.63, 3.8) is 0 Å². The van der Waals surface area contributed by atoms with Crippen LogP contribution in [-0.2, 0) is 5.41 Å². The van der Waals surface area contributed by atoms with Gasteiger partial charge in [0, 0.05) is 0 Å². The summed E-state index contributed by atoms with van der Waals surface area (Å²) in [5.41, 5.74) is 5.41. The third-order valence-corrected chi connectivity index (χ3v) is 2.88. The number of hydrogen-bond donors (Lipinski definition) is 1. The van der Waals surface area contributed by atoms with E-state index in [-0.39, 0.29) is 0 Å². The van der Waals surface area contributed by atoms with E-state index in [1.165, 1.54) is 12.1 Å². The lowest BCUT2D eigenvalue weighted by atomic mass is 9.81. The van der Waals surface area contributed by atoms with E-state index in [1.807, 2.05) is 13.8 Å². The van der Waals surface area contributed by atoms with Crippen LogP contribution in [0.3, 0.4) is 0 Å². The quantitative estimate of drug-likeness (QED) is 0.797. The number of benzene rings is 1. The van der Waals surface area contributed by atoms with E-state index in [9.17, 15) is 8.78 Å². The topological polar surface area (TPSA) is 26.0 Å². The van der Waals surface area contributed by atoms with E-state index in [1.54, 1.807) is 0 Å². The number of hydrogen-bond acceptors (Lipinski definition) is 1. The maximum absolute atomic E-state index is 13.7. The Labute approximate surface area is 93.2 Å². The van der Waals surface area contributed by atoms with Crippen molar-refractivity contribution in [2.45, 2.75) is 25.7 Å². The normalized spacial score (nSPS) is 11.9. The second kappa shape index (κ2) is 4.45. The summed E-state index contributed by atoms with van der Waals surface area (Å²) in [5.74, 6) is -1.42. The van der Waals surface area contributed by atoms with Gasteiger partial charge in [-0.15, -0.1) is 0 Å². The van der Waals surface area contributed by atoms with E-state index in [2.05, 4.69) is 0 Å². The average Bonchev–Trinajstić information content (AvgIpc) is 2.13. The van der Waals surface area contributed by atoms with Gasteiger partial charge in [0.05, 0.1) is 0 Å². The first kappa shape index (κ1) is 12.4. The third kappa shape index (κ3) is 2.47. The fraction of sp³-hybridized carbons (Fsp3) is 0.455. The van der Waals surface area contributed by atoms with E-state index in [0.29, 0.717) is 18.5 Å². The van der Waals surface area contributed by atoms with Gasteiger partial charge < -0.3 is 5.73 Å². The van der Waals surface area contributed by atoms with Gasteiger partial charge >= 0.3 is 0 Å². The first-order valence-electron chi connectivity index (χ1n) is 4.74. The highest BCUT2D eigenvalue weighted by Gasteiger charge is 2.25. The van der Waals surface area contributed by atoms with Gasteiger partial charge in [-0.3, -0.25) is 0 Å². The number of nitrogens with two attached hydrogens (primary N) is 1. The summed E-state index contributed by atoms with van der Waals surface area (Å²) < 4.78 is 26.6. The van der Waals surface area contributed by atoms with Crippen LogP contribution in [0.15, 0.2) is 12.1 Å². The van der Waals surface area contributed by atoms with Gasteiger partial charge in [0.2, 0.25) is 0 Å². The molecule has 0 fully saturated rings. The van der Waals surface area contributed by atoms with Crippen LogP contribution in [0, 0.1) is 11.6 Å². The van der Waals surface area contributed by atoms with Crippen LogP contribution in [0.25, 0.3) is 0 Å². The first-order valence-corrected chi connectivity index (χ1v) is 5.12. The zero-order valence-electron chi connectivity index (χ0n) is 8.78. The molecule has 2 N–H and O–H groups in total. The first-order chi connectivity index (χ1) is 6.90. The van der Waals surface area contributed by atoms with Gasteiger partial charge in [-0.2, -0.15) is 0 Å². The van der Waals surface area contributed by atoms with Gasteiger partial charge in [-0.25, -0.2) is 8.78 Å². The highest BCUT2D eigenvalue weighted by atomic mass is 35.5. The molecule has 1 nitrogen and oxygen atoms in total. The zero-order valence-corrected chi connectivity index (χ0v) is 9.54. The summed E-state index contributed by atoms with van der Waals surface area (Å²) in [6.45, 7) is 4.15. The maximum Gasteiger partial charge on any atom is 0.148 e. The lowest BCUT2D eigenvalue weighted by Crippen LogP contribution is -2.23. The molecule has 1 aromatic rings. The molecule has 0 spiro atoms. The summed E-state index contributed by atoms with van der Waals surface area (Å²) in [6, 6.07) is 2.60. The van der Waals surface area contributed by atoms with Crippen LogP contribution < -0.4 is 5.73 Å². The second-order valence-corrected chi connectivity index (χ2v) is 4.52. The van der Waals surface area contributed by atoms with Crippen LogP contribution in [-0.4, -0.2) is 6.54 Å². The van der Waals surface area contributed by atoms with Crippen molar-refractivity contribution in [1.82, 2.24) is 0 Å². The van der Waals surface area contributed by atoms with Crippen molar-refractivity contribution < 1.29 is 8.78 Å². The fourth-order valence-electron chi connectivity index (χ4n) is 1.54. The minimum atomic E-state index is -0.735. The molecule has 4 heteroatoms. The summed E-state index contributed by atoms with van der Waals surface area (Å²) in [7, 11) is 0. The Hall–Kier alpha value is -0.670.